The van der Waals surface area contributed by atoms with E-state index < -0.39 is 6.10 Å². The fourth-order valence-corrected chi connectivity index (χ4v) is 2.13. The van der Waals surface area contributed by atoms with Gasteiger partial charge in [0.25, 0.3) is 0 Å². The highest BCUT2D eigenvalue weighted by atomic mass is 16.5. The number of rotatable bonds is 9. The Labute approximate surface area is 131 Å². The fourth-order valence-electron chi connectivity index (χ4n) is 2.13. The first kappa shape index (κ1) is 16.5. The van der Waals surface area contributed by atoms with Crippen LogP contribution in [-0.2, 0) is 0 Å². The number of imidazole rings is 1. The van der Waals surface area contributed by atoms with Gasteiger partial charge in [-0.05, 0) is 19.9 Å². The minimum absolute atomic E-state index is 0.246. The van der Waals surface area contributed by atoms with E-state index in [0.29, 0.717) is 12.4 Å². The highest BCUT2D eigenvalue weighted by Gasteiger charge is 2.11. The number of hydrogen-bond acceptors (Lipinski definition) is 4. The van der Waals surface area contributed by atoms with Gasteiger partial charge in [0.1, 0.15) is 18.5 Å². The lowest BCUT2D eigenvalue weighted by Gasteiger charge is -2.12. The van der Waals surface area contributed by atoms with Gasteiger partial charge in [-0.3, -0.25) is 0 Å². The van der Waals surface area contributed by atoms with Crippen molar-refractivity contribution in [1.82, 2.24) is 15.3 Å². The summed E-state index contributed by atoms with van der Waals surface area (Å²) in [6.07, 6.45) is 1.74. The summed E-state index contributed by atoms with van der Waals surface area (Å²) in [6.45, 7) is 5.75. The van der Waals surface area contributed by atoms with Gasteiger partial charge in [0, 0.05) is 12.1 Å². The molecule has 0 radical (unpaired) electrons. The molecule has 0 aliphatic carbocycles. The summed E-state index contributed by atoms with van der Waals surface area (Å²) >= 11 is 0. The number of aryl methyl sites for hydroxylation is 1. The molecule has 1 aromatic carbocycles. The molecule has 0 amide bonds. The van der Waals surface area contributed by atoms with Crippen molar-refractivity contribution in [1.29, 1.82) is 0 Å². The van der Waals surface area contributed by atoms with Crippen LogP contribution in [0.1, 0.15) is 25.5 Å². The van der Waals surface area contributed by atoms with Gasteiger partial charge in [0.15, 0.2) is 0 Å². The third-order valence-electron chi connectivity index (χ3n) is 3.39. The predicted octanol–water partition coefficient (Wildman–Crippen LogP) is 2.51. The van der Waals surface area contributed by atoms with Crippen LogP contribution < -0.4 is 10.1 Å². The molecule has 3 N–H and O–H groups in total. The highest BCUT2D eigenvalue weighted by molar-refractivity contribution is 5.56. The van der Waals surface area contributed by atoms with E-state index in [9.17, 15) is 5.11 Å². The van der Waals surface area contributed by atoms with Gasteiger partial charge in [0.2, 0.25) is 5.88 Å². The first-order valence-corrected chi connectivity index (χ1v) is 7.84. The number of ether oxygens (including phenoxy) is 1. The van der Waals surface area contributed by atoms with Gasteiger partial charge in [-0.2, -0.15) is 0 Å². The maximum Gasteiger partial charge on any atom is 0.214 e. The molecular weight excluding hydrogens is 278 g/mol. The second-order valence-electron chi connectivity index (χ2n) is 5.39. The molecule has 0 bridgehead atoms. The molecule has 5 heteroatoms. The number of H-pyrrole nitrogens is 1. The van der Waals surface area contributed by atoms with Crippen LogP contribution in [0.5, 0.6) is 5.88 Å². The second-order valence-corrected chi connectivity index (χ2v) is 5.39. The van der Waals surface area contributed by atoms with Crippen LogP contribution in [0.15, 0.2) is 30.3 Å². The minimum atomic E-state index is -0.528. The lowest BCUT2D eigenvalue weighted by molar-refractivity contribution is 0.104. The maximum atomic E-state index is 9.90. The minimum Gasteiger partial charge on any atom is -0.475 e. The molecule has 120 valence electrons. The molecule has 1 heterocycles. The van der Waals surface area contributed by atoms with Crippen molar-refractivity contribution in [2.75, 3.05) is 19.7 Å². The number of aliphatic hydroxyl groups is 1. The lowest BCUT2D eigenvalue weighted by Crippen LogP contribution is -2.32. The van der Waals surface area contributed by atoms with E-state index in [4.69, 9.17) is 4.74 Å². The van der Waals surface area contributed by atoms with Crippen molar-refractivity contribution < 1.29 is 9.84 Å². The van der Waals surface area contributed by atoms with Gasteiger partial charge < -0.3 is 20.1 Å². The van der Waals surface area contributed by atoms with E-state index in [1.807, 2.05) is 37.3 Å². The Hall–Kier alpha value is -1.85. The van der Waals surface area contributed by atoms with Crippen LogP contribution in [-0.4, -0.2) is 40.9 Å². The molecule has 0 aliphatic rings. The molecule has 0 spiro atoms. The number of nitrogens with zero attached hydrogens (tertiary/aromatic N) is 1. The van der Waals surface area contributed by atoms with E-state index in [1.165, 1.54) is 0 Å². The molecule has 0 fully saturated rings. The average Bonchev–Trinajstić information content (AvgIpc) is 2.91. The Morgan fingerprint density at radius 1 is 1.32 bits per heavy atom. The van der Waals surface area contributed by atoms with Gasteiger partial charge >= 0.3 is 0 Å². The largest absolute Gasteiger partial charge is 0.475 e. The fraction of sp³-hybridized carbons (Fsp3) is 0.471. The number of hydrogen-bond donors (Lipinski definition) is 3. The maximum absolute atomic E-state index is 9.90. The Balaban J connectivity index is 1.84. The van der Waals surface area contributed by atoms with Crippen molar-refractivity contribution in [2.45, 2.75) is 32.8 Å². The molecule has 1 unspecified atom stereocenters. The molecule has 5 nitrogen and oxygen atoms in total. The van der Waals surface area contributed by atoms with E-state index in [-0.39, 0.29) is 6.61 Å². The smallest absolute Gasteiger partial charge is 0.214 e. The van der Waals surface area contributed by atoms with Gasteiger partial charge in [-0.15, -0.1) is 0 Å². The first-order chi connectivity index (χ1) is 10.7. The van der Waals surface area contributed by atoms with Crippen molar-refractivity contribution in [3.05, 3.63) is 36.0 Å². The van der Waals surface area contributed by atoms with Crippen molar-refractivity contribution in [3.63, 3.8) is 0 Å². The zero-order valence-electron chi connectivity index (χ0n) is 13.3. The molecule has 0 saturated heterocycles. The Bertz CT molecular complexity index is 554. The summed E-state index contributed by atoms with van der Waals surface area (Å²) < 4.78 is 5.65. The Morgan fingerprint density at radius 3 is 2.82 bits per heavy atom. The third-order valence-corrected chi connectivity index (χ3v) is 3.39. The summed E-state index contributed by atoms with van der Waals surface area (Å²) in [6, 6.07) is 9.90. The molecule has 1 aromatic heterocycles. The third kappa shape index (κ3) is 4.86. The summed E-state index contributed by atoms with van der Waals surface area (Å²) in [5, 5.41) is 13.1. The first-order valence-electron chi connectivity index (χ1n) is 7.84. The zero-order valence-corrected chi connectivity index (χ0v) is 13.3. The van der Waals surface area contributed by atoms with Crippen molar-refractivity contribution >= 4 is 0 Å². The van der Waals surface area contributed by atoms with E-state index in [2.05, 4.69) is 22.2 Å². The molecule has 22 heavy (non-hydrogen) atoms. The van der Waals surface area contributed by atoms with Gasteiger partial charge in [0.05, 0.1) is 5.69 Å². The van der Waals surface area contributed by atoms with Gasteiger partial charge in [-0.1, -0.05) is 43.7 Å². The average molecular weight is 303 g/mol. The SMILES string of the molecule is CCCCNCC(O)COc1[nH]c(-c2ccccc2)nc1C. The zero-order chi connectivity index (χ0) is 15.8. The Morgan fingerprint density at radius 2 is 2.09 bits per heavy atom. The van der Waals surface area contributed by atoms with Crippen LogP contribution in [0.2, 0.25) is 0 Å². The summed E-state index contributed by atoms with van der Waals surface area (Å²) in [5.74, 6) is 1.40. The van der Waals surface area contributed by atoms with E-state index in [1.54, 1.807) is 0 Å². The van der Waals surface area contributed by atoms with Crippen LogP contribution in [0.3, 0.4) is 0 Å². The standard InChI is InChI=1S/C17H25N3O2/c1-3-4-10-18-11-15(21)12-22-17-13(2)19-16(20-17)14-8-6-5-7-9-14/h5-9,15,18,21H,3-4,10-12H2,1-2H3,(H,19,20). The second kappa shape index (κ2) is 8.56. The molecule has 0 aliphatic heterocycles. The summed E-state index contributed by atoms with van der Waals surface area (Å²) in [7, 11) is 0. The van der Waals surface area contributed by atoms with Gasteiger partial charge in [-0.25, -0.2) is 4.98 Å². The quantitative estimate of drug-likeness (QED) is 0.623. The lowest BCUT2D eigenvalue weighted by atomic mass is 10.2. The number of benzene rings is 1. The van der Waals surface area contributed by atoms with Crippen molar-refractivity contribution in [3.8, 4) is 17.3 Å². The number of aromatic amines is 1. The summed E-state index contributed by atoms with van der Waals surface area (Å²) in [5.41, 5.74) is 1.81. The van der Waals surface area contributed by atoms with Crippen LogP contribution >= 0.6 is 0 Å². The van der Waals surface area contributed by atoms with Crippen LogP contribution in [0, 0.1) is 6.92 Å². The molecular formula is C17H25N3O2. The molecule has 2 aromatic rings. The molecule has 2 rings (SSSR count). The number of aliphatic hydroxyl groups excluding tert-OH is 1. The van der Waals surface area contributed by atoms with E-state index in [0.717, 1.165) is 36.5 Å². The van der Waals surface area contributed by atoms with Crippen molar-refractivity contribution in [2.24, 2.45) is 0 Å². The van der Waals surface area contributed by atoms with E-state index >= 15 is 0 Å². The molecule has 1 atom stereocenters. The number of nitrogens with one attached hydrogen (secondary N) is 2. The number of aromatic nitrogens is 2. The highest BCUT2D eigenvalue weighted by Crippen LogP contribution is 2.22. The Kier molecular flexibility index (Phi) is 6.43. The molecule has 0 saturated carbocycles. The normalized spacial score (nSPS) is 12.3. The topological polar surface area (TPSA) is 70.2 Å². The number of unbranched alkanes of at least 4 members (excludes halogenated alkanes) is 1. The van der Waals surface area contributed by atoms with Crippen LogP contribution in [0.25, 0.3) is 11.4 Å². The predicted molar refractivity (Wildman–Crippen MR) is 88.0 cm³/mol. The monoisotopic (exact) mass is 303 g/mol. The van der Waals surface area contributed by atoms with Crippen LogP contribution in [0.4, 0.5) is 0 Å². The summed E-state index contributed by atoms with van der Waals surface area (Å²) in [4.78, 5) is 7.63.